The summed E-state index contributed by atoms with van der Waals surface area (Å²) in [6, 6.07) is 0. The molecule has 4 rings (SSSR count). The maximum Gasteiger partial charge on any atom is 0.281 e. The number of hydrogen-bond donors (Lipinski definition) is 1. The smallest absolute Gasteiger partial charge is 0.281 e. The molecular weight excluding hydrogens is 390 g/mol. The predicted molar refractivity (Wildman–Crippen MR) is 103 cm³/mol. The molecule has 2 fully saturated rings. The van der Waals surface area contributed by atoms with E-state index >= 15 is 0 Å². The summed E-state index contributed by atoms with van der Waals surface area (Å²) in [4.78, 5) is 25.1. The summed E-state index contributed by atoms with van der Waals surface area (Å²) in [5.74, 6) is 2.75. The van der Waals surface area contributed by atoms with E-state index < -0.39 is 12.1 Å². The summed E-state index contributed by atoms with van der Waals surface area (Å²) in [6.45, 7) is 3.94. The van der Waals surface area contributed by atoms with E-state index in [2.05, 4.69) is 24.9 Å². The molecule has 9 nitrogen and oxygen atoms in total. The third kappa shape index (κ3) is 4.07. The second-order valence-electron chi connectivity index (χ2n) is 6.29. The van der Waals surface area contributed by atoms with Gasteiger partial charge in [-0.2, -0.15) is 26.7 Å². The van der Waals surface area contributed by atoms with E-state index in [0.29, 0.717) is 38.2 Å². The van der Waals surface area contributed by atoms with Crippen molar-refractivity contribution in [2.45, 2.75) is 6.43 Å². The molecule has 0 spiro atoms. The molecular formula is C16H20F2N8OS. The zero-order valence-electron chi connectivity index (χ0n) is 15.1. The third-order valence-electron chi connectivity index (χ3n) is 4.48. The summed E-state index contributed by atoms with van der Waals surface area (Å²) in [7, 11) is 0. The highest BCUT2D eigenvalue weighted by Crippen LogP contribution is 2.30. The quantitative estimate of drug-likeness (QED) is 0.791. The molecule has 0 aromatic carbocycles. The van der Waals surface area contributed by atoms with Crippen LogP contribution >= 0.6 is 11.8 Å². The molecule has 0 amide bonds. The molecule has 2 saturated heterocycles. The highest BCUT2D eigenvalue weighted by atomic mass is 32.2. The van der Waals surface area contributed by atoms with Crippen LogP contribution in [0.15, 0.2) is 6.20 Å². The van der Waals surface area contributed by atoms with Gasteiger partial charge in [-0.15, -0.1) is 0 Å². The van der Waals surface area contributed by atoms with Crippen molar-refractivity contribution in [2.75, 3.05) is 66.4 Å². The average Bonchev–Trinajstić information content (AvgIpc) is 2.74. The zero-order chi connectivity index (χ0) is 19.5. The Morgan fingerprint density at radius 1 is 0.964 bits per heavy atom. The lowest BCUT2D eigenvalue weighted by Gasteiger charge is -2.30. The first-order valence-corrected chi connectivity index (χ1v) is 10.1. The normalized spacial score (nSPS) is 18.0. The molecule has 0 bridgehead atoms. The Hall–Kier alpha value is -2.34. The van der Waals surface area contributed by atoms with E-state index in [1.807, 2.05) is 21.6 Å². The summed E-state index contributed by atoms with van der Waals surface area (Å²) in [5.41, 5.74) is 5.08. The highest BCUT2D eigenvalue weighted by molar-refractivity contribution is 7.99. The van der Waals surface area contributed by atoms with Crippen molar-refractivity contribution in [3.8, 4) is 11.4 Å². The zero-order valence-corrected chi connectivity index (χ0v) is 15.9. The molecule has 2 aromatic heterocycles. The Morgan fingerprint density at radius 2 is 1.61 bits per heavy atom. The number of alkyl halides is 2. The van der Waals surface area contributed by atoms with Crippen molar-refractivity contribution in [3.05, 3.63) is 11.9 Å². The van der Waals surface area contributed by atoms with Gasteiger partial charge in [0.1, 0.15) is 5.69 Å². The summed E-state index contributed by atoms with van der Waals surface area (Å²) >= 11 is 1.86. The highest BCUT2D eigenvalue weighted by Gasteiger charge is 2.24. The first-order valence-electron chi connectivity index (χ1n) is 8.94. The molecule has 0 radical (unpaired) electrons. The number of anilines is 3. The summed E-state index contributed by atoms with van der Waals surface area (Å²) < 4.78 is 32.5. The van der Waals surface area contributed by atoms with Gasteiger partial charge in [-0.1, -0.05) is 0 Å². The minimum atomic E-state index is -2.82. The van der Waals surface area contributed by atoms with Crippen LogP contribution in [-0.2, 0) is 4.74 Å². The van der Waals surface area contributed by atoms with Gasteiger partial charge in [-0.05, 0) is 0 Å². The molecule has 0 aliphatic carbocycles. The molecule has 0 unspecified atom stereocenters. The number of nitrogen functional groups attached to an aromatic ring is 1. The first-order chi connectivity index (χ1) is 13.6. The second kappa shape index (κ2) is 8.35. The lowest BCUT2D eigenvalue weighted by molar-refractivity contribution is 0.122. The van der Waals surface area contributed by atoms with E-state index in [4.69, 9.17) is 10.5 Å². The maximum absolute atomic E-state index is 13.5. The largest absolute Gasteiger partial charge is 0.378 e. The number of halogens is 2. The van der Waals surface area contributed by atoms with Crippen LogP contribution < -0.4 is 15.5 Å². The molecule has 150 valence electrons. The number of morpholine rings is 1. The van der Waals surface area contributed by atoms with Crippen molar-refractivity contribution in [1.29, 1.82) is 0 Å². The SMILES string of the molecule is Nc1ncc(-c2nc(N3CCOCC3)nc(N3CCSCC3)n2)c(C(F)F)n1. The fraction of sp³-hybridized carbons (Fsp3) is 0.562. The van der Waals surface area contributed by atoms with E-state index in [0.717, 1.165) is 24.6 Å². The lowest BCUT2D eigenvalue weighted by atomic mass is 10.2. The van der Waals surface area contributed by atoms with Crippen LogP contribution in [0.4, 0.5) is 26.6 Å². The molecule has 2 aromatic rings. The number of aromatic nitrogens is 5. The summed E-state index contributed by atoms with van der Waals surface area (Å²) in [6.07, 6.45) is -1.57. The van der Waals surface area contributed by atoms with Crippen LogP contribution in [0.2, 0.25) is 0 Å². The van der Waals surface area contributed by atoms with Crippen molar-refractivity contribution in [2.24, 2.45) is 0 Å². The van der Waals surface area contributed by atoms with Crippen LogP contribution in [-0.4, -0.2) is 75.8 Å². The fourth-order valence-corrected chi connectivity index (χ4v) is 3.93. The monoisotopic (exact) mass is 410 g/mol. The Kier molecular flexibility index (Phi) is 5.67. The molecule has 2 aliphatic rings. The summed E-state index contributed by atoms with van der Waals surface area (Å²) in [5, 5.41) is 0. The molecule has 2 N–H and O–H groups in total. The van der Waals surface area contributed by atoms with Crippen LogP contribution in [0.1, 0.15) is 12.1 Å². The molecule has 0 atom stereocenters. The average molecular weight is 410 g/mol. The van der Waals surface area contributed by atoms with Crippen LogP contribution in [0.25, 0.3) is 11.4 Å². The van der Waals surface area contributed by atoms with Crippen LogP contribution in [0.3, 0.4) is 0 Å². The van der Waals surface area contributed by atoms with Crippen LogP contribution in [0.5, 0.6) is 0 Å². The van der Waals surface area contributed by atoms with Gasteiger partial charge in [0.25, 0.3) is 6.43 Å². The van der Waals surface area contributed by atoms with Crippen molar-refractivity contribution in [1.82, 2.24) is 24.9 Å². The van der Waals surface area contributed by atoms with Gasteiger partial charge in [0, 0.05) is 43.9 Å². The van der Waals surface area contributed by atoms with Crippen LogP contribution in [0, 0.1) is 0 Å². The van der Waals surface area contributed by atoms with E-state index in [9.17, 15) is 8.78 Å². The number of hydrogen-bond acceptors (Lipinski definition) is 10. The van der Waals surface area contributed by atoms with Gasteiger partial charge in [0.15, 0.2) is 5.82 Å². The Balaban J connectivity index is 1.79. The minimum absolute atomic E-state index is 0.0637. The van der Waals surface area contributed by atoms with Gasteiger partial charge in [0.05, 0.1) is 18.8 Å². The topological polar surface area (TPSA) is 106 Å². The number of ether oxygens (including phenoxy) is 1. The van der Waals surface area contributed by atoms with E-state index in [1.165, 1.54) is 6.20 Å². The van der Waals surface area contributed by atoms with Gasteiger partial charge in [-0.25, -0.2) is 18.7 Å². The molecule has 12 heteroatoms. The molecule has 4 heterocycles. The third-order valence-corrected chi connectivity index (χ3v) is 5.43. The van der Waals surface area contributed by atoms with E-state index in [1.54, 1.807) is 0 Å². The van der Waals surface area contributed by atoms with Gasteiger partial charge in [-0.3, -0.25) is 0 Å². The van der Waals surface area contributed by atoms with Gasteiger partial charge >= 0.3 is 0 Å². The maximum atomic E-state index is 13.5. The van der Waals surface area contributed by atoms with Crippen molar-refractivity contribution < 1.29 is 13.5 Å². The lowest BCUT2D eigenvalue weighted by Crippen LogP contribution is -2.39. The van der Waals surface area contributed by atoms with E-state index in [-0.39, 0.29) is 17.3 Å². The second-order valence-corrected chi connectivity index (χ2v) is 7.51. The van der Waals surface area contributed by atoms with Crippen molar-refractivity contribution in [3.63, 3.8) is 0 Å². The van der Waals surface area contributed by atoms with Gasteiger partial charge in [0.2, 0.25) is 17.8 Å². The standard InChI is InChI=1S/C16H20F2N8OS/c17-12(18)11-10(9-20-14(19)21-11)13-22-15(25-1-5-27-6-2-25)24-16(23-13)26-3-7-28-8-4-26/h9,12H,1-8H2,(H2,19,20,21). The first kappa shape index (κ1) is 19.0. The molecule has 2 aliphatic heterocycles. The minimum Gasteiger partial charge on any atom is -0.378 e. The fourth-order valence-electron chi connectivity index (χ4n) is 3.03. The van der Waals surface area contributed by atoms with Gasteiger partial charge < -0.3 is 20.3 Å². The Morgan fingerprint density at radius 3 is 2.25 bits per heavy atom. The number of nitrogens with zero attached hydrogens (tertiary/aromatic N) is 7. The number of nitrogens with two attached hydrogens (primary N) is 1. The molecule has 28 heavy (non-hydrogen) atoms. The number of rotatable bonds is 4. The Bertz CT molecular complexity index is 794. The number of thioether (sulfide) groups is 1. The van der Waals surface area contributed by atoms with Crippen molar-refractivity contribution >= 4 is 29.6 Å². The Labute approximate surface area is 164 Å². The predicted octanol–water partition coefficient (Wildman–Crippen LogP) is 1.24. The molecule has 0 saturated carbocycles.